The number of primary amides is 1. The second-order valence-corrected chi connectivity index (χ2v) is 2.41. The molecule has 0 heterocycles. The summed E-state index contributed by atoms with van der Waals surface area (Å²) in [5.74, 6) is -0.280. The maximum atomic E-state index is 10.7. The van der Waals surface area contributed by atoms with Crippen molar-refractivity contribution in [3.05, 3.63) is 0 Å². The zero-order valence-corrected chi connectivity index (χ0v) is 6.86. The van der Waals surface area contributed by atoms with Crippen LogP contribution in [-0.4, -0.2) is 24.2 Å². The van der Waals surface area contributed by atoms with Crippen LogP contribution in [0.4, 0.5) is 0 Å². The second-order valence-electron chi connectivity index (χ2n) is 2.04. The number of amides is 2. The molecule has 0 saturated heterocycles. The van der Waals surface area contributed by atoms with Crippen LogP contribution >= 0.6 is 11.6 Å². The number of alkyl halides is 1. The van der Waals surface area contributed by atoms with Crippen LogP contribution in [0.3, 0.4) is 0 Å². The molecule has 0 aliphatic carbocycles. The van der Waals surface area contributed by atoms with Crippen molar-refractivity contribution in [2.75, 3.05) is 12.4 Å². The summed E-state index contributed by atoms with van der Waals surface area (Å²) in [6.07, 6.45) is 0.961. The maximum Gasteiger partial charge on any atom is 0.236 e. The first-order chi connectivity index (χ1) is 5.16. The minimum Gasteiger partial charge on any atom is -0.368 e. The van der Waals surface area contributed by atoms with Gasteiger partial charge >= 0.3 is 0 Å². The Morgan fingerprint density at radius 3 is 2.55 bits per heavy atom. The fraction of sp³-hybridized carbons (Fsp3) is 0.667. The van der Waals surface area contributed by atoms with E-state index in [1.54, 1.807) is 0 Å². The summed E-state index contributed by atoms with van der Waals surface area (Å²) in [4.78, 5) is 20.9. The number of hydrogen-bond acceptors (Lipinski definition) is 2. The van der Waals surface area contributed by atoms with E-state index in [-0.39, 0.29) is 12.5 Å². The molecule has 0 saturated carbocycles. The SMILES string of the molecule is NC(=O)CNC(=O)CCCCl. The van der Waals surface area contributed by atoms with Gasteiger partial charge in [0, 0.05) is 12.3 Å². The van der Waals surface area contributed by atoms with E-state index in [1.807, 2.05) is 0 Å². The van der Waals surface area contributed by atoms with Gasteiger partial charge < -0.3 is 11.1 Å². The topological polar surface area (TPSA) is 72.2 Å². The lowest BCUT2D eigenvalue weighted by molar-refractivity contribution is -0.124. The molecule has 5 heteroatoms. The van der Waals surface area contributed by atoms with Gasteiger partial charge in [-0.05, 0) is 6.42 Å². The van der Waals surface area contributed by atoms with Crippen LogP contribution in [0.5, 0.6) is 0 Å². The van der Waals surface area contributed by atoms with Crippen LogP contribution in [0.1, 0.15) is 12.8 Å². The lowest BCUT2D eigenvalue weighted by atomic mass is 10.3. The summed E-state index contributed by atoms with van der Waals surface area (Å²) >= 11 is 5.34. The van der Waals surface area contributed by atoms with Crippen LogP contribution < -0.4 is 11.1 Å². The zero-order valence-electron chi connectivity index (χ0n) is 6.10. The van der Waals surface area contributed by atoms with Crippen molar-refractivity contribution in [3.8, 4) is 0 Å². The molecule has 0 aromatic carbocycles. The molecule has 0 rings (SSSR count). The van der Waals surface area contributed by atoms with Crippen molar-refractivity contribution in [2.24, 2.45) is 5.73 Å². The molecular formula is C6H11ClN2O2. The summed E-state index contributed by atoms with van der Waals surface area (Å²) in [5, 5.41) is 2.34. The van der Waals surface area contributed by atoms with Crippen LogP contribution in [0.25, 0.3) is 0 Å². The number of hydrogen-bond donors (Lipinski definition) is 2. The highest BCUT2D eigenvalue weighted by Crippen LogP contribution is 1.90. The molecule has 0 aromatic heterocycles. The third-order valence-electron chi connectivity index (χ3n) is 0.997. The van der Waals surface area contributed by atoms with Crippen molar-refractivity contribution in [2.45, 2.75) is 12.8 Å². The molecule has 0 unspecified atom stereocenters. The molecule has 0 atom stereocenters. The molecule has 0 aromatic rings. The first-order valence-electron chi connectivity index (χ1n) is 3.27. The number of nitrogens with two attached hydrogens (primary N) is 1. The normalized spacial score (nSPS) is 9.18. The van der Waals surface area contributed by atoms with E-state index in [2.05, 4.69) is 5.32 Å². The summed E-state index contributed by atoms with van der Waals surface area (Å²) in [6.45, 7) is -0.0961. The third kappa shape index (κ3) is 7.12. The minimum absolute atomic E-state index is 0.0961. The monoisotopic (exact) mass is 178 g/mol. The molecule has 3 N–H and O–H groups in total. The van der Waals surface area contributed by atoms with Gasteiger partial charge in [0.25, 0.3) is 0 Å². The fourth-order valence-electron chi connectivity index (χ4n) is 0.501. The molecule has 0 bridgehead atoms. The van der Waals surface area contributed by atoms with E-state index in [1.165, 1.54) is 0 Å². The summed E-state index contributed by atoms with van der Waals surface area (Å²) in [5.41, 5.74) is 4.79. The molecule has 0 fully saturated rings. The lowest BCUT2D eigenvalue weighted by Gasteiger charge is -1.99. The standard InChI is InChI=1S/C6H11ClN2O2/c7-3-1-2-6(11)9-4-5(8)10/h1-4H2,(H2,8,10)(H,9,11). The van der Waals surface area contributed by atoms with Crippen molar-refractivity contribution in [3.63, 3.8) is 0 Å². The highest BCUT2D eigenvalue weighted by molar-refractivity contribution is 6.17. The molecule has 64 valence electrons. The molecule has 0 spiro atoms. The Bertz CT molecular complexity index is 150. The van der Waals surface area contributed by atoms with Crippen molar-refractivity contribution < 1.29 is 9.59 Å². The van der Waals surface area contributed by atoms with E-state index >= 15 is 0 Å². The van der Waals surface area contributed by atoms with Crippen molar-refractivity contribution in [1.82, 2.24) is 5.32 Å². The molecule has 0 aliphatic heterocycles. The Kier molecular flexibility index (Phi) is 5.56. The van der Waals surface area contributed by atoms with Crippen molar-refractivity contribution >= 4 is 23.4 Å². The summed E-state index contributed by atoms with van der Waals surface area (Å²) in [7, 11) is 0. The van der Waals surface area contributed by atoms with Crippen molar-refractivity contribution in [1.29, 1.82) is 0 Å². The van der Waals surface area contributed by atoms with Gasteiger partial charge in [-0.1, -0.05) is 0 Å². The number of rotatable bonds is 5. The maximum absolute atomic E-state index is 10.7. The summed E-state index contributed by atoms with van der Waals surface area (Å²) < 4.78 is 0. The van der Waals surface area contributed by atoms with Crippen LogP contribution in [-0.2, 0) is 9.59 Å². The summed E-state index contributed by atoms with van der Waals surface area (Å²) in [6, 6.07) is 0. The average molecular weight is 179 g/mol. The van der Waals surface area contributed by atoms with E-state index in [9.17, 15) is 9.59 Å². The largest absolute Gasteiger partial charge is 0.368 e. The highest BCUT2D eigenvalue weighted by Gasteiger charge is 2.00. The van der Waals surface area contributed by atoms with Gasteiger partial charge in [0.05, 0.1) is 6.54 Å². The van der Waals surface area contributed by atoms with E-state index in [0.29, 0.717) is 18.7 Å². The van der Waals surface area contributed by atoms with Gasteiger partial charge in [0.15, 0.2) is 0 Å². The average Bonchev–Trinajstić information content (AvgIpc) is 1.97. The third-order valence-corrected chi connectivity index (χ3v) is 1.26. The van der Waals surface area contributed by atoms with E-state index in [0.717, 1.165) is 0 Å². The minimum atomic E-state index is -0.538. The zero-order chi connectivity index (χ0) is 8.69. The number of nitrogens with one attached hydrogen (secondary N) is 1. The smallest absolute Gasteiger partial charge is 0.236 e. The van der Waals surface area contributed by atoms with E-state index < -0.39 is 5.91 Å². The van der Waals surface area contributed by atoms with Gasteiger partial charge in [-0.3, -0.25) is 9.59 Å². The van der Waals surface area contributed by atoms with Gasteiger partial charge in [-0.25, -0.2) is 0 Å². The molecule has 11 heavy (non-hydrogen) atoms. The van der Waals surface area contributed by atoms with E-state index in [4.69, 9.17) is 17.3 Å². The Balaban J connectivity index is 3.30. The first-order valence-corrected chi connectivity index (χ1v) is 3.81. The molecule has 2 amide bonds. The second kappa shape index (κ2) is 5.97. The van der Waals surface area contributed by atoms with Gasteiger partial charge in [0.1, 0.15) is 0 Å². The Hall–Kier alpha value is -0.770. The van der Waals surface area contributed by atoms with Crippen LogP contribution in [0.15, 0.2) is 0 Å². The predicted octanol–water partition coefficient (Wildman–Crippen LogP) is -0.393. The van der Waals surface area contributed by atoms with Gasteiger partial charge in [-0.2, -0.15) is 0 Å². The Morgan fingerprint density at radius 1 is 1.45 bits per heavy atom. The Morgan fingerprint density at radius 2 is 2.09 bits per heavy atom. The van der Waals surface area contributed by atoms with Crippen LogP contribution in [0.2, 0.25) is 0 Å². The highest BCUT2D eigenvalue weighted by atomic mass is 35.5. The van der Waals surface area contributed by atoms with Crippen LogP contribution in [0, 0.1) is 0 Å². The molecule has 0 radical (unpaired) electrons. The molecule has 4 nitrogen and oxygen atoms in total. The van der Waals surface area contributed by atoms with Gasteiger partial charge in [-0.15, -0.1) is 11.6 Å². The molecular weight excluding hydrogens is 168 g/mol. The predicted molar refractivity (Wildman–Crippen MR) is 42.2 cm³/mol. The molecule has 0 aliphatic rings. The fourth-order valence-corrected chi connectivity index (χ4v) is 0.635. The number of halogens is 1. The Labute approximate surface area is 70.1 Å². The van der Waals surface area contributed by atoms with Gasteiger partial charge in [0.2, 0.25) is 11.8 Å². The number of carbonyl (C=O) groups is 2. The lowest BCUT2D eigenvalue weighted by Crippen LogP contribution is -2.33. The quantitative estimate of drug-likeness (QED) is 0.563. The number of carbonyl (C=O) groups excluding carboxylic acids is 2. The first kappa shape index (κ1) is 10.2.